The largest absolute Gasteiger partial charge is 0.487 e. The number of piperidine rings is 1. The van der Waals surface area contributed by atoms with Crippen LogP contribution in [-0.2, 0) is 4.79 Å². The average molecular weight is 404 g/mol. The van der Waals surface area contributed by atoms with Crippen LogP contribution < -0.4 is 9.47 Å². The van der Waals surface area contributed by atoms with Crippen LogP contribution in [0, 0.1) is 13.8 Å². The lowest BCUT2D eigenvalue weighted by Crippen LogP contribution is -2.59. The predicted octanol–water partition coefficient (Wildman–Crippen LogP) is 3.77. The van der Waals surface area contributed by atoms with Crippen molar-refractivity contribution in [2.24, 2.45) is 0 Å². The molecule has 1 aliphatic rings. The fourth-order valence-electron chi connectivity index (χ4n) is 3.44. The number of likely N-dealkylation sites (tertiary alicyclic amines) is 1. The Kier molecular flexibility index (Phi) is 6.16. The number of benzene rings is 2. The molecule has 0 aromatic heterocycles. The third kappa shape index (κ3) is 4.78. The van der Waals surface area contributed by atoms with E-state index in [4.69, 9.17) is 21.1 Å². The third-order valence-electron chi connectivity index (χ3n) is 5.01. The molecule has 0 bridgehead atoms. The molecule has 1 aliphatic heterocycles. The Hall–Kier alpha value is -2.24. The first kappa shape index (κ1) is 20.5. The molecule has 150 valence electrons. The molecular formula is C22H26ClNO4. The van der Waals surface area contributed by atoms with Crippen molar-refractivity contribution in [3.05, 3.63) is 58.6 Å². The molecule has 1 heterocycles. The summed E-state index contributed by atoms with van der Waals surface area (Å²) in [4.78, 5) is 14.2. The predicted molar refractivity (Wildman–Crippen MR) is 109 cm³/mol. The number of aliphatic hydroxyl groups is 1. The van der Waals surface area contributed by atoms with Gasteiger partial charge in [-0.05, 0) is 56.2 Å². The molecular weight excluding hydrogens is 378 g/mol. The maximum Gasteiger partial charge on any atom is 0.260 e. The van der Waals surface area contributed by atoms with E-state index in [1.54, 1.807) is 11.8 Å². The van der Waals surface area contributed by atoms with E-state index in [0.717, 1.165) is 11.1 Å². The summed E-state index contributed by atoms with van der Waals surface area (Å²) in [6.07, 6.45) is 0.175. The van der Waals surface area contributed by atoms with E-state index in [2.05, 4.69) is 0 Å². The van der Waals surface area contributed by atoms with Crippen molar-refractivity contribution in [2.75, 3.05) is 19.7 Å². The van der Waals surface area contributed by atoms with Gasteiger partial charge in [0.15, 0.2) is 6.61 Å². The zero-order valence-corrected chi connectivity index (χ0v) is 17.2. The van der Waals surface area contributed by atoms with Gasteiger partial charge in [-0.15, -0.1) is 0 Å². The highest BCUT2D eigenvalue weighted by Crippen LogP contribution is 2.28. The first-order valence-corrected chi connectivity index (χ1v) is 9.75. The molecule has 6 heteroatoms. The zero-order chi connectivity index (χ0) is 20.3. The van der Waals surface area contributed by atoms with Gasteiger partial charge in [0, 0.05) is 18.0 Å². The van der Waals surface area contributed by atoms with Crippen molar-refractivity contribution < 1.29 is 19.4 Å². The van der Waals surface area contributed by atoms with Gasteiger partial charge in [0.25, 0.3) is 5.91 Å². The number of hydrogen-bond acceptors (Lipinski definition) is 4. The number of para-hydroxylation sites is 1. The van der Waals surface area contributed by atoms with Crippen molar-refractivity contribution in [3.8, 4) is 11.5 Å². The number of carbonyl (C=O) groups excluding carboxylic acids is 1. The highest BCUT2D eigenvalue weighted by molar-refractivity contribution is 6.32. The number of hydrogen-bond donors (Lipinski definition) is 1. The minimum atomic E-state index is -1.14. The molecule has 2 aromatic rings. The fraction of sp³-hybridized carbons (Fsp3) is 0.409. The number of ether oxygens (including phenoxy) is 2. The molecule has 28 heavy (non-hydrogen) atoms. The maximum atomic E-state index is 12.6. The molecule has 0 unspecified atom stereocenters. The first-order chi connectivity index (χ1) is 13.3. The highest BCUT2D eigenvalue weighted by Gasteiger charge is 2.41. The summed E-state index contributed by atoms with van der Waals surface area (Å²) in [5.74, 6) is 1.16. The minimum Gasteiger partial charge on any atom is -0.487 e. The van der Waals surface area contributed by atoms with Crippen molar-refractivity contribution in [1.29, 1.82) is 0 Å². The van der Waals surface area contributed by atoms with Crippen LogP contribution >= 0.6 is 11.6 Å². The number of rotatable bonds is 5. The SMILES string of the molecule is Cc1cc(OCC(=O)N2CC[C@H](Oc3ccccc3)[C@@](C)(O)C2)cc(C)c1Cl. The number of amides is 1. The van der Waals surface area contributed by atoms with Gasteiger partial charge in [-0.2, -0.15) is 0 Å². The molecule has 0 aliphatic carbocycles. The van der Waals surface area contributed by atoms with Crippen LogP contribution in [0.3, 0.4) is 0 Å². The molecule has 0 radical (unpaired) electrons. The molecule has 2 atom stereocenters. The first-order valence-electron chi connectivity index (χ1n) is 9.37. The molecule has 5 nitrogen and oxygen atoms in total. The number of nitrogens with zero attached hydrogens (tertiary/aromatic N) is 1. The van der Waals surface area contributed by atoms with E-state index in [9.17, 15) is 9.90 Å². The van der Waals surface area contributed by atoms with Gasteiger partial charge >= 0.3 is 0 Å². The summed E-state index contributed by atoms with van der Waals surface area (Å²) in [6, 6.07) is 13.0. The molecule has 1 fully saturated rings. The van der Waals surface area contributed by atoms with Gasteiger partial charge in [0.05, 0.1) is 6.54 Å². The second kappa shape index (κ2) is 8.41. The average Bonchev–Trinajstić information content (AvgIpc) is 2.66. The quantitative estimate of drug-likeness (QED) is 0.825. The van der Waals surface area contributed by atoms with Crippen LogP contribution in [0.15, 0.2) is 42.5 Å². The minimum absolute atomic E-state index is 0.0825. The van der Waals surface area contributed by atoms with Gasteiger partial charge in [-0.25, -0.2) is 0 Å². The number of β-amino-alcohol motifs (C(OH)–C–C–N with tert-alkyl or cyclic N) is 1. The molecule has 0 spiro atoms. The molecule has 1 saturated heterocycles. The lowest BCUT2D eigenvalue weighted by molar-refractivity contribution is -0.147. The molecule has 3 rings (SSSR count). The lowest BCUT2D eigenvalue weighted by atomic mass is 9.91. The lowest BCUT2D eigenvalue weighted by Gasteiger charge is -2.42. The standard InChI is InChI=1S/C22H26ClNO4/c1-15-11-18(12-16(2)21(15)23)27-13-20(25)24-10-9-19(22(3,26)14-24)28-17-7-5-4-6-8-17/h4-8,11-12,19,26H,9-10,13-14H2,1-3H3/t19-,22-/m0/s1. The van der Waals surface area contributed by atoms with E-state index in [1.165, 1.54) is 0 Å². The second-order valence-electron chi connectivity index (χ2n) is 7.54. The second-order valence-corrected chi connectivity index (χ2v) is 7.92. The van der Waals surface area contributed by atoms with Crippen LogP contribution in [-0.4, -0.2) is 47.3 Å². The van der Waals surface area contributed by atoms with Crippen LogP contribution in [0.4, 0.5) is 0 Å². The Morgan fingerprint density at radius 3 is 2.46 bits per heavy atom. The van der Waals surface area contributed by atoms with Crippen molar-refractivity contribution in [1.82, 2.24) is 4.90 Å². The van der Waals surface area contributed by atoms with Crippen molar-refractivity contribution in [3.63, 3.8) is 0 Å². The fourth-order valence-corrected chi connectivity index (χ4v) is 3.55. The van der Waals surface area contributed by atoms with E-state index >= 15 is 0 Å². The van der Waals surface area contributed by atoms with Gasteiger partial charge < -0.3 is 19.5 Å². The normalized spacial score (nSPS) is 22.0. The number of aryl methyl sites for hydroxylation is 2. The maximum absolute atomic E-state index is 12.6. The van der Waals surface area contributed by atoms with Crippen LogP contribution in [0.5, 0.6) is 11.5 Å². The van der Waals surface area contributed by atoms with Gasteiger partial charge in [-0.3, -0.25) is 4.79 Å². The van der Waals surface area contributed by atoms with Gasteiger partial charge in [-0.1, -0.05) is 29.8 Å². The van der Waals surface area contributed by atoms with Gasteiger partial charge in [0.1, 0.15) is 23.2 Å². The number of halogens is 1. The Balaban J connectivity index is 1.57. The third-order valence-corrected chi connectivity index (χ3v) is 5.61. The van der Waals surface area contributed by atoms with Crippen molar-refractivity contribution >= 4 is 17.5 Å². The van der Waals surface area contributed by atoms with E-state index in [0.29, 0.717) is 29.5 Å². The Morgan fingerprint density at radius 1 is 1.21 bits per heavy atom. The monoisotopic (exact) mass is 403 g/mol. The summed E-state index contributed by atoms with van der Waals surface area (Å²) in [6.45, 7) is 6.13. The topological polar surface area (TPSA) is 59.0 Å². The Morgan fingerprint density at radius 2 is 1.86 bits per heavy atom. The molecule has 1 amide bonds. The zero-order valence-electron chi connectivity index (χ0n) is 16.4. The number of carbonyl (C=O) groups is 1. The Labute approximate surface area is 170 Å². The molecule has 1 N–H and O–H groups in total. The summed E-state index contributed by atoms with van der Waals surface area (Å²) in [5.41, 5.74) is 0.675. The van der Waals surface area contributed by atoms with E-state index in [-0.39, 0.29) is 25.2 Å². The molecule has 0 saturated carbocycles. The van der Waals surface area contributed by atoms with Gasteiger partial charge in [0.2, 0.25) is 0 Å². The summed E-state index contributed by atoms with van der Waals surface area (Å²) in [7, 11) is 0. The highest BCUT2D eigenvalue weighted by atomic mass is 35.5. The molecule has 2 aromatic carbocycles. The van der Waals surface area contributed by atoms with E-state index < -0.39 is 5.60 Å². The van der Waals surface area contributed by atoms with Crippen molar-refractivity contribution in [2.45, 2.75) is 38.9 Å². The van der Waals surface area contributed by atoms with Crippen LogP contribution in [0.2, 0.25) is 5.02 Å². The Bertz CT molecular complexity index is 815. The summed E-state index contributed by atoms with van der Waals surface area (Å²) < 4.78 is 11.6. The summed E-state index contributed by atoms with van der Waals surface area (Å²) >= 11 is 6.17. The van der Waals surface area contributed by atoms with Crippen LogP contribution in [0.25, 0.3) is 0 Å². The van der Waals surface area contributed by atoms with Crippen LogP contribution in [0.1, 0.15) is 24.5 Å². The smallest absolute Gasteiger partial charge is 0.260 e. The summed E-state index contributed by atoms with van der Waals surface area (Å²) in [5, 5.41) is 11.5. The van der Waals surface area contributed by atoms with E-state index in [1.807, 2.05) is 56.3 Å².